The molecule has 2 aromatic rings. The van der Waals surface area contributed by atoms with Crippen LogP contribution in [0, 0.1) is 0 Å². The van der Waals surface area contributed by atoms with Gasteiger partial charge in [-0.15, -0.1) is 0 Å². The summed E-state index contributed by atoms with van der Waals surface area (Å²) in [6, 6.07) is 17.7. The molecule has 0 heterocycles. The zero-order chi connectivity index (χ0) is 17.2. The van der Waals surface area contributed by atoms with Crippen LogP contribution in [0.4, 0.5) is 4.79 Å². The number of urea groups is 1. The Morgan fingerprint density at radius 2 is 1.50 bits per heavy atom. The minimum atomic E-state index is -1.02. The maximum Gasteiger partial charge on any atom is 0.329 e. The van der Waals surface area contributed by atoms with Crippen molar-refractivity contribution in [2.45, 2.75) is 18.9 Å². The normalized spacial score (nSPS) is 11.5. The third kappa shape index (κ3) is 6.10. The van der Waals surface area contributed by atoms with Crippen LogP contribution in [0.3, 0.4) is 0 Å². The Morgan fingerprint density at radius 1 is 0.917 bits per heavy atom. The van der Waals surface area contributed by atoms with Gasteiger partial charge in [-0.05, 0) is 17.5 Å². The Bertz CT molecular complexity index is 647. The second-order valence-electron chi connectivity index (χ2n) is 5.34. The number of benzene rings is 2. The summed E-state index contributed by atoms with van der Waals surface area (Å²) in [5.74, 6) is -1.02. The molecule has 0 bridgehead atoms. The molecule has 6 heteroatoms. The summed E-state index contributed by atoms with van der Waals surface area (Å²) < 4.78 is 0. The molecule has 0 aromatic heterocycles. The number of hydrogen-bond acceptors (Lipinski definition) is 3. The second kappa shape index (κ2) is 9.32. The molecule has 0 aliphatic carbocycles. The quantitative estimate of drug-likeness (QED) is 0.556. The maximum atomic E-state index is 11.7. The standard InChI is InChI=1S/C18H21N3O3/c22-17(23)16(13-15-9-5-2-6-10-15)20-21-18(24)19-12-11-14-7-3-1-4-8-14/h1-10,16,20H,11-13H2,(H,22,23)(H2,19,21,24)/t16-/m0/s1. The fourth-order valence-corrected chi connectivity index (χ4v) is 2.21. The molecule has 0 radical (unpaired) electrons. The Balaban J connectivity index is 1.73. The lowest BCUT2D eigenvalue weighted by Crippen LogP contribution is -2.52. The van der Waals surface area contributed by atoms with Crippen LogP contribution in [-0.4, -0.2) is 29.7 Å². The van der Waals surface area contributed by atoms with Gasteiger partial charge in [-0.2, -0.15) is 0 Å². The number of hydrogen-bond donors (Lipinski definition) is 4. The van der Waals surface area contributed by atoms with Crippen LogP contribution in [-0.2, 0) is 17.6 Å². The van der Waals surface area contributed by atoms with Gasteiger partial charge in [0.05, 0.1) is 0 Å². The molecule has 24 heavy (non-hydrogen) atoms. The molecular formula is C18H21N3O3. The summed E-state index contributed by atoms with van der Waals surface area (Å²) in [6.45, 7) is 0.466. The van der Waals surface area contributed by atoms with E-state index >= 15 is 0 Å². The van der Waals surface area contributed by atoms with Crippen LogP contribution in [0.5, 0.6) is 0 Å². The molecule has 4 N–H and O–H groups in total. The van der Waals surface area contributed by atoms with Gasteiger partial charge >= 0.3 is 12.0 Å². The molecule has 126 valence electrons. The van der Waals surface area contributed by atoms with Gasteiger partial charge in [0.2, 0.25) is 0 Å². The van der Waals surface area contributed by atoms with Crippen molar-refractivity contribution in [3.63, 3.8) is 0 Å². The molecule has 2 amide bonds. The highest BCUT2D eigenvalue weighted by molar-refractivity contribution is 5.76. The van der Waals surface area contributed by atoms with E-state index in [1.807, 2.05) is 60.7 Å². The van der Waals surface area contributed by atoms with Gasteiger partial charge in [-0.25, -0.2) is 10.2 Å². The molecule has 0 aliphatic heterocycles. The van der Waals surface area contributed by atoms with E-state index in [-0.39, 0.29) is 6.42 Å². The van der Waals surface area contributed by atoms with Crippen molar-refractivity contribution < 1.29 is 14.7 Å². The minimum absolute atomic E-state index is 0.278. The second-order valence-corrected chi connectivity index (χ2v) is 5.34. The van der Waals surface area contributed by atoms with Gasteiger partial charge in [0.1, 0.15) is 6.04 Å². The number of aliphatic carboxylic acids is 1. The Morgan fingerprint density at radius 3 is 2.08 bits per heavy atom. The molecule has 0 unspecified atom stereocenters. The van der Waals surface area contributed by atoms with E-state index in [0.717, 1.165) is 11.1 Å². The highest BCUT2D eigenvalue weighted by Gasteiger charge is 2.18. The number of carboxylic acid groups (broad SMARTS) is 1. The van der Waals surface area contributed by atoms with Crippen molar-refractivity contribution in [3.05, 3.63) is 71.8 Å². The van der Waals surface area contributed by atoms with Crippen LogP contribution < -0.4 is 16.2 Å². The van der Waals surface area contributed by atoms with Crippen molar-refractivity contribution in [2.24, 2.45) is 0 Å². The number of carboxylic acids is 1. The molecule has 0 saturated heterocycles. The first-order chi connectivity index (χ1) is 11.6. The highest BCUT2D eigenvalue weighted by atomic mass is 16.4. The summed E-state index contributed by atoms with van der Waals surface area (Å²) >= 11 is 0. The lowest BCUT2D eigenvalue weighted by Gasteiger charge is -2.16. The van der Waals surface area contributed by atoms with E-state index in [1.165, 1.54) is 0 Å². The van der Waals surface area contributed by atoms with E-state index < -0.39 is 18.0 Å². The molecule has 0 spiro atoms. The summed E-state index contributed by atoms with van der Waals surface area (Å²) in [5.41, 5.74) is 6.95. The lowest BCUT2D eigenvalue weighted by atomic mass is 10.1. The molecule has 0 saturated carbocycles. The van der Waals surface area contributed by atoms with Crippen LogP contribution in [0.2, 0.25) is 0 Å². The fourth-order valence-electron chi connectivity index (χ4n) is 2.21. The average molecular weight is 327 g/mol. The lowest BCUT2D eigenvalue weighted by molar-refractivity contribution is -0.139. The van der Waals surface area contributed by atoms with Crippen molar-refractivity contribution in [3.8, 4) is 0 Å². The molecule has 2 rings (SSSR count). The van der Waals surface area contributed by atoms with Gasteiger partial charge in [-0.3, -0.25) is 10.2 Å². The molecule has 0 fully saturated rings. The molecule has 0 aliphatic rings. The highest BCUT2D eigenvalue weighted by Crippen LogP contribution is 2.03. The monoisotopic (exact) mass is 327 g/mol. The van der Waals surface area contributed by atoms with Gasteiger partial charge in [0, 0.05) is 13.0 Å². The smallest absolute Gasteiger partial charge is 0.329 e. The first kappa shape index (κ1) is 17.5. The Labute approximate surface area is 140 Å². The average Bonchev–Trinajstić information content (AvgIpc) is 2.60. The summed E-state index contributed by atoms with van der Waals surface area (Å²) in [6.07, 6.45) is 0.987. The number of nitrogens with one attached hydrogen (secondary N) is 3. The van der Waals surface area contributed by atoms with Crippen LogP contribution >= 0.6 is 0 Å². The summed E-state index contributed by atoms with van der Waals surface area (Å²) in [5, 5.41) is 11.9. The zero-order valence-corrected chi connectivity index (χ0v) is 13.2. The third-order valence-corrected chi connectivity index (χ3v) is 3.48. The van der Waals surface area contributed by atoms with E-state index in [1.54, 1.807) is 0 Å². The molecular weight excluding hydrogens is 306 g/mol. The van der Waals surface area contributed by atoms with Crippen molar-refractivity contribution in [2.75, 3.05) is 6.54 Å². The number of rotatable bonds is 8. The van der Waals surface area contributed by atoms with Gasteiger partial charge in [-0.1, -0.05) is 60.7 Å². The van der Waals surface area contributed by atoms with Crippen molar-refractivity contribution in [1.82, 2.24) is 16.2 Å². The number of carbonyl (C=O) groups excluding carboxylic acids is 1. The van der Waals surface area contributed by atoms with E-state index in [9.17, 15) is 14.7 Å². The van der Waals surface area contributed by atoms with Crippen molar-refractivity contribution >= 4 is 12.0 Å². The topological polar surface area (TPSA) is 90.5 Å². The van der Waals surface area contributed by atoms with Gasteiger partial charge in [0.15, 0.2) is 0 Å². The number of carbonyl (C=O) groups is 2. The Kier molecular flexibility index (Phi) is 6.79. The largest absolute Gasteiger partial charge is 0.480 e. The summed E-state index contributed by atoms with van der Waals surface area (Å²) in [7, 11) is 0. The molecule has 1 atom stereocenters. The predicted molar refractivity (Wildman–Crippen MR) is 91.4 cm³/mol. The van der Waals surface area contributed by atoms with Crippen LogP contribution in [0.1, 0.15) is 11.1 Å². The molecule has 6 nitrogen and oxygen atoms in total. The molecule has 2 aromatic carbocycles. The van der Waals surface area contributed by atoms with E-state index in [4.69, 9.17) is 0 Å². The van der Waals surface area contributed by atoms with Crippen LogP contribution in [0.25, 0.3) is 0 Å². The van der Waals surface area contributed by atoms with E-state index in [0.29, 0.717) is 13.0 Å². The third-order valence-electron chi connectivity index (χ3n) is 3.48. The Hall–Kier alpha value is -2.86. The fraction of sp³-hybridized carbons (Fsp3) is 0.222. The zero-order valence-electron chi connectivity index (χ0n) is 13.2. The van der Waals surface area contributed by atoms with Crippen LogP contribution in [0.15, 0.2) is 60.7 Å². The number of hydrazine groups is 1. The minimum Gasteiger partial charge on any atom is -0.480 e. The first-order valence-electron chi connectivity index (χ1n) is 7.75. The predicted octanol–water partition coefficient (Wildman–Crippen LogP) is 1.73. The number of amides is 2. The SMILES string of the molecule is O=C(NCCc1ccccc1)NN[C@@H](Cc1ccccc1)C(=O)O. The van der Waals surface area contributed by atoms with E-state index in [2.05, 4.69) is 16.2 Å². The maximum absolute atomic E-state index is 11.7. The van der Waals surface area contributed by atoms with Gasteiger partial charge < -0.3 is 10.4 Å². The van der Waals surface area contributed by atoms with Gasteiger partial charge in [0.25, 0.3) is 0 Å². The summed E-state index contributed by atoms with van der Waals surface area (Å²) in [4.78, 5) is 23.0. The first-order valence-corrected chi connectivity index (χ1v) is 7.75. The van der Waals surface area contributed by atoms with Crippen molar-refractivity contribution in [1.29, 1.82) is 0 Å².